The fourth-order valence-corrected chi connectivity index (χ4v) is 3.30. The Morgan fingerprint density at radius 1 is 1.21 bits per heavy atom. The van der Waals surface area contributed by atoms with Gasteiger partial charge in [0.05, 0.1) is 11.9 Å². The van der Waals surface area contributed by atoms with Crippen molar-refractivity contribution in [2.24, 2.45) is 0 Å². The topological polar surface area (TPSA) is 71.4 Å². The molecule has 0 spiro atoms. The highest BCUT2D eigenvalue weighted by Gasteiger charge is 2.21. The number of fused-ring (bicyclic) bond motifs is 1. The summed E-state index contributed by atoms with van der Waals surface area (Å²) in [5, 5.41) is 19.4. The monoisotopic (exact) mass is 322 g/mol. The van der Waals surface area contributed by atoms with Crippen LogP contribution in [0.2, 0.25) is 0 Å². The number of H-pyrrole nitrogens is 1. The molecule has 1 aliphatic rings. The summed E-state index contributed by atoms with van der Waals surface area (Å²) < 4.78 is 2.22. The third-order valence-electron chi connectivity index (χ3n) is 4.77. The van der Waals surface area contributed by atoms with E-state index in [1.807, 2.05) is 13.1 Å². The fourth-order valence-electron chi connectivity index (χ4n) is 3.30. The van der Waals surface area contributed by atoms with Crippen molar-refractivity contribution in [3.05, 3.63) is 53.2 Å². The number of hydrogen-bond donors (Lipinski definition) is 2. The number of rotatable bonds is 4. The molecule has 0 saturated carbocycles. The Bertz CT molecular complexity index is 830. The van der Waals surface area contributed by atoms with Gasteiger partial charge >= 0.3 is 0 Å². The zero-order valence-electron chi connectivity index (χ0n) is 14.1. The van der Waals surface area contributed by atoms with E-state index < -0.39 is 0 Å². The predicted octanol–water partition coefficient (Wildman–Crippen LogP) is 2.39. The maximum absolute atomic E-state index is 4.24. The van der Waals surface area contributed by atoms with Crippen molar-refractivity contribution >= 4 is 0 Å². The Kier molecular flexibility index (Phi) is 3.90. The lowest BCUT2D eigenvalue weighted by atomic mass is 10.0. The van der Waals surface area contributed by atoms with Crippen LogP contribution >= 0.6 is 0 Å². The summed E-state index contributed by atoms with van der Waals surface area (Å²) in [6.45, 7) is 5.86. The van der Waals surface area contributed by atoms with Crippen LogP contribution < -0.4 is 5.32 Å². The van der Waals surface area contributed by atoms with Gasteiger partial charge in [-0.05, 0) is 25.8 Å². The van der Waals surface area contributed by atoms with Gasteiger partial charge in [-0.1, -0.05) is 29.8 Å². The highest BCUT2D eigenvalue weighted by molar-refractivity contribution is 5.62. The molecule has 1 aromatic carbocycles. The Morgan fingerprint density at radius 3 is 2.88 bits per heavy atom. The first-order valence-electron chi connectivity index (χ1n) is 8.42. The highest BCUT2D eigenvalue weighted by atomic mass is 15.3. The molecule has 24 heavy (non-hydrogen) atoms. The Balaban J connectivity index is 1.45. The van der Waals surface area contributed by atoms with Gasteiger partial charge in [0.2, 0.25) is 0 Å². The molecular weight excluding hydrogens is 300 g/mol. The van der Waals surface area contributed by atoms with E-state index in [9.17, 15) is 0 Å². The molecule has 3 aromatic rings. The van der Waals surface area contributed by atoms with Crippen molar-refractivity contribution in [2.75, 3.05) is 0 Å². The van der Waals surface area contributed by atoms with E-state index in [0.717, 1.165) is 43.3 Å². The lowest BCUT2D eigenvalue weighted by Gasteiger charge is -2.25. The van der Waals surface area contributed by atoms with Gasteiger partial charge < -0.3 is 9.88 Å². The summed E-state index contributed by atoms with van der Waals surface area (Å²) in [5.74, 6) is 2.11. The molecule has 1 aliphatic heterocycles. The molecule has 6 heteroatoms. The summed E-state index contributed by atoms with van der Waals surface area (Å²) in [4.78, 5) is 0. The van der Waals surface area contributed by atoms with E-state index in [2.05, 4.69) is 61.5 Å². The number of aromatic nitrogens is 5. The van der Waals surface area contributed by atoms with Crippen molar-refractivity contribution in [1.82, 2.24) is 30.3 Å². The average Bonchev–Trinajstić information content (AvgIpc) is 3.21. The molecule has 1 unspecified atom stereocenters. The second-order valence-electron chi connectivity index (χ2n) is 6.53. The second-order valence-corrected chi connectivity index (χ2v) is 6.53. The number of benzene rings is 1. The Labute approximate surface area is 141 Å². The first-order chi connectivity index (χ1) is 11.7. The van der Waals surface area contributed by atoms with Gasteiger partial charge in [0, 0.05) is 31.1 Å². The quantitative estimate of drug-likeness (QED) is 0.774. The zero-order chi connectivity index (χ0) is 16.5. The summed E-state index contributed by atoms with van der Waals surface area (Å²) in [6, 6.07) is 8.97. The van der Waals surface area contributed by atoms with Gasteiger partial charge in [-0.25, -0.2) is 0 Å². The molecule has 0 radical (unpaired) electrons. The molecule has 124 valence electrons. The van der Waals surface area contributed by atoms with E-state index in [-0.39, 0.29) is 0 Å². The number of nitrogens with one attached hydrogen (secondary N) is 2. The van der Waals surface area contributed by atoms with Gasteiger partial charge in [-0.15, -0.1) is 10.2 Å². The molecule has 2 aromatic heterocycles. The molecule has 1 atom stereocenters. The van der Waals surface area contributed by atoms with E-state index in [0.29, 0.717) is 6.04 Å². The van der Waals surface area contributed by atoms with Crippen molar-refractivity contribution in [3.63, 3.8) is 0 Å². The third-order valence-corrected chi connectivity index (χ3v) is 4.77. The molecule has 4 rings (SSSR count). The van der Waals surface area contributed by atoms with Crippen molar-refractivity contribution < 1.29 is 0 Å². The molecule has 6 nitrogen and oxygen atoms in total. The summed E-state index contributed by atoms with van der Waals surface area (Å²) in [6.07, 6.45) is 3.99. The highest BCUT2D eigenvalue weighted by Crippen LogP contribution is 2.22. The predicted molar refractivity (Wildman–Crippen MR) is 92.5 cm³/mol. The first kappa shape index (κ1) is 15.1. The van der Waals surface area contributed by atoms with Crippen LogP contribution in [0.1, 0.15) is 29.2 Å². The summed E-state index contributed by atoms with van der Waals surface area (Å²) >= 11 is 0. The Hall–Kier alpha value is -2.47. The van der Waals surface area contributed by atoms with Crippen molar-refractivity contribution in [3.8, 4) is 11.3 Å². The lowest BCUT2D eigenvalue weighted by Crippen LogP contribution is -2.37. The Morgan fingerprint density at radius 2 is 2.04 bits per heavy atom. The van der Waals surface area contributed by atoms with Crippen molar-refractivity contribution in [2.45, 2.75) is 45.8 Å². The number of nitrogens with zero attached hydrogens (tertiary/aromatic N) is 4. The maximum atomic E-state index is 4.24. The van der Waals surface area contributed by atoms with Crippen LogP contribution in [0.3, 0.4) is 0 Å². The molecule has 0 aliphatic carbocycles. The van der Waals surface area contributed by atoms with Crippen molar-refractivity contribution in [1.29, 1.82) is 0 Å². The van der Waals surface area contributed by atoms with E-state index in [1.54, 1.807) is 0 Å². The smallest absolute Gasteiger partial charge is 0.133 e. The number of hydrogen-bond acceptors (Lipinski definition) is 4. The minimum atomic E-state index is 0.438. The average molecular weight is 322 g/mol. The number of aromatic amines is 1. The normalized spacial score (nSPS) is 17.0. The van der Waals surface area contributed by atoms with Crippen LogP contribution in [-0.2, 0) is 19.5 Å². The first-order valence-corrected chi connectivity index (χ1v) is 8.42. The van der Waals surface area contributed by atoms with Crippen LogP contribution in [-0.4, -0.2) is 31.0 Å². The van der Waals surface area contributed by atoms with Crippen LogP contribution in [0.4, 0.5) is 0 Å². The van der Waals surface area contributed by atoms with Crippen LogP contribution in [0.5, 0.6) is 0 Å². The van der Waals surface area contributed by atoms with Crippen LogP contribution in [0, 0.1) is 13.8 Å². The molecular formula is C18H22N6. The van der Waals surface area contributed by atoms with Gasteiger partial charge in [-0.3, -0.25) is 5.10 Å². The molecule has 0 fully saturated rings. The lowest BCUT2D eigenvalue weighted by molar-refractivity contribution is 0.375. The van der Waals surface area contributed by atoms with E-state index in [1.165, 1.54) is 16.7 Å². The molecule has 0 bridgehead atoms. The minimum Gasteiger partial charge on any atom is -0.314 e. The maximum Gasteiger partial charge on any atom is 0.133 e. The second kappa shape index (κ2) is 6.20. The third kappa shape index (κ3) is 2.85. The number of aryl methyl sites for hydroxylation is 3. The van der Waals surface area contributed by atoms with Gasteiger partial charge in [0.15, 0.2) is 0 Å². The van der Waals surface area contributed by atoms with Crippen LogP contribution in [0.25, 0.3) is 11.3 Å². The zero-order valence-corrected chi connectivity index (χ0v) is 14.1. The van der Waals surface area contributed by atoms with Gasteiger partial charge in [0.1, 0.15) is 11.6 Å². The van der Waals surface area contributed by atoms with Gasteiger partial charge in [0.25, 0.3) is 0 Å². The standard InChI is InChI=1S/C18H22N6/c1-12-3-5-14(6-4-12)18-15(10-20-23-18)9-19-16-7-8-17-22-21-13(2)24(17)11-16/h3-6,10,16,19H,7-9,11H2,1-2H3,(H,20,23). The summed E-state index contributed by atoms with van der Waals surface area (Å²) in [5.41, 5.74) is 4.74. The minimum absolute atomic E-state index is 0.438. The molecule has 3 heterocycles. The summed E-state index contributed by atoms with van der Waals surface area (Å²) in [7, 11) is 0. The molecule has 0 saturated heterocycles. The molecule has 0 amide bonds. The van der Waals surface area contributed by atoms with Gasteiger partial charge in [-0.2, -0.15) is 5.10 Å². The van der Waals surface area contributed by atoms with Crippen LogP contribution in [0.15, 0.2) is 30.5 Å². The molecule has 2 N–H and O–H groups in total. The van der Waals surface area contributed by atoms with E-state index in [4.69, 9.17) is 0 Å². The SMILES string of the molecule is Cc1ccc(-c2[nH]ncc2CNC2CCc3nnc(C)n3C2)cc1. The fraction of sp³-hybridized carbons (Fsp3) is 0.389. The largest absolute Gasteiger partial charge is 0.314 e. The van der Waals surface area contributed by atoms with E-state index >= 15 is 0 Å².